The fourth-order valence-electron chi connectivity index (χ4n) is 1.15. The Bertz CT molecular complexity index is 465. The lowest BCUT2D eigenvalue weighted by atomic mass is 10.2. The lowest BCUT2D eigenvalue weighted by Crippen LogP contribution is -2.21. The number of benzene rings is 1. The summed E-state index contributed by atoms with van der Waals surface area (Å²) in [4.78, 5) is 10.8. The summed E-state index contributed by atoms with van der Waals surface area (Å²) in [5, 5.41) is 0. The summed E-state index contributed by atoms with van der Waals surface area (Å²) in [6.07, 6.45) is 9.02. The van der Waals surface area contributed by atoms with Crippen LogP contribution in [0.1, 0.15) is 12.5 Å². The minimum absolute atomic E-state index is 0.582. The van der Waals surface area contributed by atoms with Crippen molar-refractivity contribution in [2.75, 3.05) is 0 Å². The van der Waals surface area contributed by atoms with Gasteiger partial charge < -0.3 is 0 Å². The minimum atomic E-state index is -3.30. The number of carbonyl (C=O) groups excluding carboxylic acids is 1. The Morgan fingerprint density at radius 2 is 1.67 bits per heavy atom. The zero-order chi connectivity index (χ0) is 13.4. The van der Waals surface area contributed by atoms with E-state index in [2.05, 4.69) is 0 Å². The van der Waals surface area contributed by atoms with E-state index in [0.717, 1.165) is 11.6 Å². The van der Waals surface area contributed by atoms with Crippen LogP contribution in [0.4, 0.5) is 8.78 Å². The van der Waals surface area contributed by atoms with E-state index in [4.69, 9.17) is 0 Å². The second-order valence-corrected chi connectivity index (χ2v) is 3.77. The van der Waals surface area contributed by atoms with Gasteiger partial charge in [0.2, 0.25) is 5.78 Å². The van der Waals surface area contributed by atoms with Gasteiger partial charge in [0.05, 0.1) is 0 Å². The Hall–Kier alpha value is -2.03. The highest BCUT2D eigenvalue weighted by Crippen LogP contribution is 2.13. The van der Waals surface area contributed by atoms with Gasteiger partial charge in [0.15, 0.2) is 0 Å². The van der Waals surface area contributed by atoms with Gasteiger partial charge in [0, 0.05) is 6.92 Å². The summed E-state index contributed by atoms with van der Waals surface area (Å²) in [6, 6.07) is 9.66. The third-order valence-electron chi connectivity index (χ3n) is 2.10. The van der Waals surface area contributed by atoms with Crippen molar-refractivity contribution >= 4 is 11.9 Å². The molecule has 0 bridgehead atoms. The topological polar surface area (TPSA) is 17.1 Å². The molecule has 1 aromatic carbocycles. The highest BCUT2D eigenvalue weighted by molar-refractivity contribution is 5.95. The van der Waals surface area contributed by atoms with Crippen LogP contribution in [0.15, 0.2) is 60.7 Å². The van der Waals surface area contributed by atoms with Crippen LogP contribution in [-0.4, -0.2) is 11.7 Å². The third kappa shape index (κ3) is 5.34. The van der Waals surface area contributed by atoms with Gasteiger partial charge in [0.25, 0.3) is 0 Å². The van der Waals surface area contributed by atoms with Crippen molar-refractivity contribution in [3.63, 3.8) is 0 Å². The van der Waals surface area contributed by atoms with E-state index in [1.807, 2.05) is 36.4 Å². The smallest absolute Gasteiger partial charge is 0.288 e. The summed E-state index contributed by atoms with van der Waals surface area (Å²) in [5.74, 6) is -4.50. The molecule has 0 atom stereocenters. The molecular formula is C15H14F2O. The maximum absolute atomic E-state index is 12.5. The first-order valence-electron chi connectivity index (χ1n) is 5.49. The molecule has 1 rings (SSSR count). The molecular weight excluding hydrogens is 234 g/mol. The van der Waals surface area contributed by atoms with Crippen molar-refractivity contribution in [2.24, 2.45) is 0 Å². The van der Waals surface area contributed by atoms with Crippen LogP contribution in [0.2, 0.25) is 0 Å². The first kappa shape index (κ1) is 14.0. The van der Waals surface area contributed by atoms with Gasteiger partial charge in [-0.05, 0) is 11.6 Å². The van der Waals surface area contributed by atoms with Gasteiger partial charge in [-0.2, -0.15) is 8.78 Å². The number of halogens is 2. The first-order valence-corrected chi connectivity index (χ1v) is 5.49. The number of allylic oxidation sites excluding steroid dienone is 5. The van der Waals surface area contributed by atoms with E-state index in [1.54, 1.807) is 12.2 Å². The number of alkyl halides is 2. The standard InChI is InChI=1S/C15H14F2O/c1-15(16,17)14(18)12-8-3-2-5-9-13-10-6-4-7-11-13/h2-12H,1H3/b3-2+,9-5+,12-8+. The zero-order valence-corrected chi connectivity index (χ0v) is 10.0. The molecule has 94 valence electrons. The molecule has 0 aliphatic carbocycles. The fraction of sp³-hybridized carbons (Fsp3) is 0.133. The molecule has 0 N–H and O–H groups in total. The average molecular weight is 248 g/mol. The van der Waals surface area contributed by atoms with Gasteiger partial charge >= 0.3 is 5.92 Å². The zero-order valence-electron chi connectivity index (χ0n) is 10.0. The lowest BCUT2D eigenvalue weighted by molar-refractivity contribution is -0.135. The molecule has 0 heterocycles. The molecule has 18 heavy (non-hydrogen) atoms. The first-order chi connectivity index (χ1) is 8.50. The SMILES string of the molecule is CC(F)(F)C(=O)/C=C/C=C/C=C/c1ccccc1. The minimum Gasteiger partial charge on any atom is -0.288 e. The Balaban J connectivity index is 2.45. The highest BCUT2D eigenvalue weighted by atomic mass is 19.3. The number of hydrogen-bond donors (Lipinski definition) is 0. The summed E-state index contributed by atoms with van der Waals surface area (Å²) in [6.45, 7) is 0.582. The van der Waals surface area contributed by atoms with E-state index < -0.39 is 11.7 Å². The molecule has 0 aliphatic rings. The van der Waals surface area contributed by atoms with Crippen LogP contribution < -0.4 is 0 Å². The van der Waals surface area contributed by atoms with Crippen molar-refractivity contribution in [1.82, 2.24) is 0 Å². The van der Waals surface area contributed by atoms with Crippen LogP contribution in [-0.2, 0) is 4.79 Å². The van der Waals surface area contributed by atoms with Crippen LogP contribution in [0, 0.1) is 0 Å². The third-order valence-corrected chi connectivity index (χ3v) is 2.10. The summed E-state index contributed by atoms with van der Waals surface area (Å²) >= 11 is 0. The molecule has 0 aromatic heterocycles. The molecule has 0 saturated heterocycles. The molecule has 1 nitrogen and oxygen atoms in total. The molecule has 3 heteroatoms. The normalized spacial score (nSPS) is 12.8. The Morgan fingerprint density at radius 3 is 2.28 bits per heavy atom. The molecule has 0 saturated carbocycles. The Kier molecular flexibility index (Phi) is 5.18. The quantitative estimate of drug-likeness (QED) is 0.567. The average Bonchev–Trinajstić information content (AvgIpc) is 2.33. The largest absolute Gasteiger partial charge is 0.306 e. The summed E-state index contributed by atoms with van der Waals surface area (Å²) in [5.41, 5.74) is 1.04. The Labute approximate surface area is 105 Å². The van der Waals surface area contributed by atoms with E-state index in [1.165, 1.54) is 12.2 Å². The van der Waals surface area contributed by atoms with Crippen LogP contribution in [0.25, 0.3) is 6.08 Å². The lowest BCUT2D eigenvalue weighted by Gasteiger charge is -2.02. The number of carbonyl (C=O) groups is 1. The van der Waals surface area contributed by atoms with Gasteiger partial charge in [-0.15, -0.1) is 0 Å². The van der Waals surface area contributed by atoms with Crippen molar-refractivity contribution in [1.29, 1.82) is 0 Å². The van der Waals surface area contributed by atoms with E-state index in [-0.39, 0.29) is 0 Å². The Morgan fingerprint density at radius 1 is 1.06 bits per heavy atom. The monoisotopic (exact) mass is 248 g/mol. The van der Waals surface area contributed by atoms with E-state index in [0.29, 0.717) is 6.92 Å². The van der Waals surface area contributed by atoms with Gasteiger partial charge in [-0.1, -0.05) is 60.7 Å². The van der Waals surface area contributed by atoms with Crippen molar-refractivity contribution in [2.45, 2.75) is 12.8 Å². The molecule has 1 aromatic rings. The van der Waals surface area contributed by atoms with E-state index >= 15 is 0 Å². The predicted molar refractivity (Wildman–Crippen MR) is 69.4 cm³/mol. The predicted octanol–water partition coefficient (Wildman–Crippen LogP) is 4.04. The molecule has 0 spiro atoms. The maximum Gasteiger partial charge on any atom is 0.306 e. The molecule has 0 aliphatic heterocycles. The van der Waals surface area contributed by atoms with Crippen LogP contribution >= 0.6 is 0 Å². The molecule has 0 unspecified atom stereocenters. The van der Waals surface area contributed by atoms with Crippen molar-refractivity contribution in [3.05, 3.63) is 66.3 Å². The number of hydrogen-bond acceptors (Lipinski definition) is 1. The number of ketones is 1. The summed E-state index contributed by atoms with van der Waals surface area (Å²) < 4.78 is 24.9. The molecule has 0 amide bonds. The maximum atomic E-state index is 12.5. The van der Waals surface area contributed by atoms with Gasteiger partial charge in [-0.25, -0.2) is 0 Å². The van der Waals surface area contributed by atoms with E-state index in [9.17, 15) is 13.6 Å². The second kappa shape index (κ2) is 6.64. The van der Waals surface area contributed by atoms with Crippen molar-refractivity contribution in [3.8, 4) is 0 Å². The summed E-state index contributed by atoms with van der Waals surface area (Å²) in [7, 11) is 0. The van der Waals surface area contributed by atoms with Gasteiger partial charge in [-0.3, -0.25) is 4.79 Å². The van der Waals surface area contributed by atoms with Gasteiger partial charge in [0.1, 0.15) is 0 Å². The highest BCUT2D eigenvalue weighted by Gasteiger charge is 2.29. The molecule has 0 radical (unpaired) electrons. The van der Waals surface area contributed by atoms with Crippen LogP contribution in [0.5, 0.6) is 0 Å². The van der Waals surface area contributed by atoms with Crippen LogP contribution in [0.3, 0.4) is 0 Å². The van der Waals surface area contributed by atoms with Crippen molar-refractivity contribution < 1.29 is 13.6 Å². The molecule has 0 fully saturated rings. The second-order valence-electron chi connectivity index (χ2n) is 3.77. The number of rotatable bonds is 5. The fourth-order valence-corrected chi connectivity index (χ4v) is 1.15.